The molecule has 3 aromatic heterocycles. The van der Waals surface area contributed by atoms with Gasteiger partial charge in [0.15, 0.2) is 22.8 Å². The molecule has 0 aliphatic carbocycles. The van der Waals surface area contributed by atoms with Crippen molar-refractivity contribution in [3.63, 3.8) is 0 Å². The Morgan fingerprint density at radius 2 is 1.69 bits per heavy atom. The Hall–Kier alpha value is -4.73. The van der Waals surface area contributed by atoms with Gasteiger partial charge in [-0.2, -0.15) is 9.78 Å². The van der Waals surface area contributed by atoms with Crippen LogP contribution in [-0.4, -0.2) is 51.7 Å². The molecule has 0 saturated heterocycles. The maximum absolute atomic E-state index is 13.3. The van der Waals surface area contributed by atoms with Gasteiger partial charge in [0.1, 0.15) is 17.2 Å². The lowest BCUT2D eigenvalue weighted by atomic mass is 10.2. The highest BCUT2D eigenvalue weighted by molar-refractivity contribution is 6.04. The summed E-state index contributed by atoms with van der Waals surface area (Å²) in [6.45, 7) is 4.04. The molecular formula is C25H22N6O4. The number of aromatic nitrogens is 5. The van der Waals surface area contributed by atoms with Gasteiger partial charge in [-0.05, 0) is 24.3 Å². The normalized spacial score (nSPS) is 11.5. The second kappa shape index (κ2) is 8.90. The Kier molecular flexibility index (Phi) is 5.61. The van der Waals surface area contributed by atoms with Crippen molar-refractivity contribution in [1.29, 1.82) is 0 Å². The van der Waals surface area contributed by atoms with E-state index in [4.69, 9.17) is 24.2 Å². The zero-order chi connectivity index (χ0) is 24.5. The van der Waals surface area contributed by atoms with E-state index < -0.39 is 0 Å². The van der Waals surface area contributed by atoms with Crippen LogP contribution in [-0.2, 0) is 6.54 Å². The van der Waals surface area contributed by atoms with Crippen LogP contribution in [0.1, 0.15) is 5.56 Å². The predicted octanol–water partition coefficient (Wildman–Crippen LogP) is 3.39. The zero-order valence-corrected chi connectivity index (χ0v) is 19.4. The molecule has 0 aliphatic heterocycles. The lowest BCUT2D eigenvalue weighted by Crippen LogP contribution is -2.19. The maximum Gasteiger partial charge on any atom is 0.265 e. The lowest BCUT2D eigenvalue weighted by Gasteiger charge is -2.12. The number of para-hydroxylation sites is 2. The molecule has 5 rings (SSSR count). The molecule has 0 radical (unpaired) electrons. The Labute approximate surface area is 199 Å². The van der Waals surface area contributed by atoms with Crippen LogP contribution in [0.25, 0.3) is 33.2 Å². The van der Waals surface area contributed by atoms with Crippen LogP contribution in [0.4, 0.5) is 0 Å². The number of hydrogen-bond donors (Lipinski definition) is 0. The van der Waals surface area contributed by atoms with Crippen molar-refractivity contribution in [2.45, 2.75) is 6.54 Å². The molecular weight excluding hydrogens is 448 g/mol. The smallest absolute Gasteiger partial charge is 0.265 e. The molecule has 0 unspecified atom stereocenters. The van der Waals surface area contributed by atoms with Crippen LogP contribution in [0, 0.1) is 0 Å². The molecule has 176 valence electrons. The van der Waals surface area contributed by atoms with Crippen LogP contribution in [0.2, 0.25) is 0 Å². The second-order valence-corrected chi connectivity index (χ2v) is 7.59. The van der Waals surface area contributed by atoms with Crippen LogP contribution < -0.4 is 19.8 Å². The van der Waals surface area contributed by atoms with Crippen molar-refractivity contribution in [3.05, 3.63) is 71.3 Å². The fourth-order valence-corrected chi connectivity index (χ4v) is 3.93. The number of benzene rings is 2. The van der Waals surface area contributed by atoms with Gasteiger partial charge in [0, 0.05) is 12.1 Å². The molecule has 0 saturated carbocycles. The van der Waals surface area contributed by atoms with Crippen LogP contribution in [0.3, 0.4) is 0 Å². The minimum atomic E-state index is -0.244. The number of fused-ring (bicyclic) bond motifs is 4. The van der Waals surface area contributed by atoms with Gasteiger partial charge in [0.2, 0.25) is 5.75 Å². The van der Waals surface area contributed by atoms with Gasteiger partial charge in [0.05, 0.1) is 38.6 Å². The van der Waals surface area contributed by atoms with Crippen LogP contribution >= 0.6 is 0 Å². The summed E-state index contributed by atoms with van der Waals surface area (Å²) in [6, 6.07) is 11.0. The first-order valence-corrected chi connectivity index (χ1v) is 10.7. The highest BCUT2D eigenvalue weighted by Crippen LogP contribution is 2.37. The molecule has 0 atom stereocenters. The fraction of sp³-hybridized carbons (Fsp3) is 0.160. The van der Waals surface area contributed by atoms with Gasteiger partial charge in [-0.1, -0.05) is 18.2 Å². The maximum atomic E-state index is 13.3. The van der Waals surface area contributed by atoms with Gasteiger partial charge in [-0.3, -0.25) is 9.36 Å². The number of ether oxygens (including phenoxy) is 3. The third kappa shape index (κ3) is 3.65. The van der Waals surface area contributed by atoms with Crippen molar-refractivity contribution in [2.75, 3.05) is 21.3 Å². The first-order chi connectivity index (χ1) is 17.1. The molecule has 35 heavy (non-hydrogen) atoms. The average molecular weight is 470 g/mol. The van der Waals surface area contributed by atoms with Crippen molar-refractivity contribution in [1.82, 2.24) is 24.2 Å². The average Bonchev–Trinajstić information content (AvgIpc) is 3.19. The topological polar surface area (TPSA) is 106 Å². The summed E-state index contributed by atoms with van der Waals surface area (Å²) in [5, 5.41) is 4.97. The van der Waals surface area contributed by atoms with Crippen molar-refractivity contribution >= 4 is 39.4 Å². The van der Waals surface area contributed by atoms with E-state index in [9.17, 15) is 4.79 Å². The molecule has 0 aliphatic rings. The first kappa shape index (κ1) is 22.1. The lowest BCUT2D eigenvalue weighted by molar-refractivity contribution is 0.324. The summed E-state index contributed by atoms with van der Waals surface area (Å²) in [4.78, 5) is 27.3. The van der Waals surface area contributed by atoms with Gasteiger partial charge < -0.3 is 14.2 Å². The summed E-state index contributed by atoms with van der Waals surface area (Å²) in [7, 11) is 4.63. The second-order valence-electron chi connectivity index (χ2n) is 7.59. The standard InChI is InChI=1S/C25H22N6O4/c1-5-10-30-14-26-23-20(25(30)32)21-24(29-17-9-7-6-8-16(17)28-21)31(23)27-13-15-11-18(33-2)22(35-4)19(12-15)34-3/h5-9,11-14H,1,10H2,2-4H3. The molecule has 0 amide bonds. The number of rotatable bonds is 7. The molecule has 2 aromatic carbocycles. The summed E-state index contributed by atoms with van der Waals surface area (Å²) in [5.41, 5.74) is 2.99. The van der Waals surface area contributed by atoms with E-state index in [1.54, 1.807) is 45.8 Å². The van der Waals surface area contributed by atoms with E-state index >= 15 is 0 Å². The van der Waals surface area contributed by atoms with E-state index in [1.165, 1.54) is 15.6 Å². The molecule has 0 N–H and O–H groups in total. The van der Waals surface area contributed by atoms with Gasteiger partial charge >= 0.3 is 0 Å². The zero-order valence-electron chi connectivity index (χ0n) is 19.4. The van der Waals surface area contributed by atoms with E-state index in [0.29, 0.717) is 62.6 Å². The third-order valence-corrected chi connectivity index (χ3v) is 5.54. The molecule has 10 nitrogen and oxygen atoms in total. The number of methoxy groups -OCH3 is 3. The van der Waals surface area contributed by atoms with Crippen LogP contribution in [0.15, 0.2) is 65.3 Å². The Morgan fingerprint density at radius 1 is 1.00 bits per heavy atom. The van der Waals surface area contributed by atoms with E-state index in [2.05, 4.69) is 16.7 Å². The number of allylic oxidation sites excluding steroid dienone is 1. The minimum Gasteiger partial charge on any atom is -0.493 e. The predicted molar refractivity (Wildman–Crippen MR) is 134 cm³/mol. The molecule has 5 aromatic rings. The number of hydrogen-bond acceptors (Lipinski definition) is 8. The summed E-state index contributed by atoms with van der Waals surface area (Å²) < 4.78 is 19.3. The Balaban J connectivity index is 1.78. The molecule has 0 fully saturated rings. The van der Waals surface area contributed by atoms with Crippen molar-refractivity contribution in [3.8, 4) is 17.2 Å². The van der Waals surface area contributed by atoms with E-state index in [-0.39, 0.29) is 5.56 Å². The highest BCUT2D eigenvalue weighted by atomic mass is 16.5. The summed E-state index contributed by atoms with van der Waals surface area (Å²) in [5.74, 6) is 1.46. The fourth-order valence-electron chi connectivity index (χ4n) is 3.93. The SMILES string of the molecule is C=CCn1cnc2c(c1=O)c1nc3ccccc3nc1n2N=Cc1cc(OC)c(OC)c(OC)c1. The minimum absolute atomic E-state index is 0.244. The van der Waals surface area contributed by atoms with Gasteiger partial charge in [-0.15, -0.1) is 6.58 Å². The molecule has 0 bridgehead atoms. The quantitative estimate of drug-likeness (QED) is 0.265. The van der Waals surface area contributed by atoms with Gasteiger partial charge in [0.25, 0.3) is 5.56 Å². The van der Waals surface area contributed by atoms with E-state index in [0.717, 1.165) is 0 Å². The van der Waals surface area contributed by atoms with Gasteiger partial charge in [-0.25, -0.2) is 15.0 Å². The molecule has 10 heteroatoms. The first-order valence-electron chi connectivity index (χ1n) is 10.7. The highest BCUT2D eigenvalue weighted by Gasteiger charge is 2.20. The van der Waals surface area contributed by atoms with E-state index in [1.807, 2.05) is 24.3 Å². The Morgan fingerprint density at radius 3 is 2.31 bits per heavy atom. The molecule has 0 spiro atoms. The van der Waals surface area contributed by atoms with Crippen molar-refractivity contribution < 1.29 is 14.2 Å². The summed E-state index contributed by atoms with van der Waals surface area (Å²) >= 11 is 0. The van der Waals surface area contributed by atoms with Crippen LogP contribution in [0.5, 0.6) is 17.2 Å². The van der Waals surface area contributed by atoms with Crippen molar-refractivity contribution in [2.24, 2.45) is 5.10 Å². The Bertz CT molecular complexity index is 1660. The number of nitrogens with zero attached hydrogens (tertiary/aromatic N) is 6. The largest absolute Gasteiger partial charge is 0.493 e. The monoisotopic (exact) mass is 470 g/mol. The third-order valence-electron chi connectivity index (χ3n) is 5.54. The summed E-state index contributed by atoms with van der Waals surface area (Å²) in [6.07, 6.45) is 4.71. The molecule has 3 heterocycles.